The van der Waals surface area contributed by atoms with E-state index in [-0.39, 0.29) is 28.2 Å². The average molecular weight is 471 g/mol. The van der Waals surface area contributed by atoms with Crippen LogP contribution in [0, 0.1) is 5.92 Å². The third kappa shape index (κ3) is 3.09. The lowest BCUT2D eigenvalue weighted by atomic mass is 9.83. The topological polar surface area (TPSA) is 109 Å². The van der Waals surface area contributed by atoms with Gasteiger partial charge in [0.15, 0.2) is 11.5 Å². The number of hydrogen-bond donors (Lipinski definition) is 2. The summed E-state index contributed by atoms with van der Waals surface area (Å²) in [6.07, 6.45) is 0. The molecular formula is C22H18N2O6S2. The maximum atomic E-state index is 13.6. The summed E-state index contributed by atoms with van der Waals surface area (Å²) >= 11 is 2.25. The highest BCUT2D eigenvalue weighted by Crippen LogP contribution is 2.53. The second kappa shape index (κ2) is 7.72. The Morgan fingerprint density at radius 3 is 2.44 bits per heavy atom. The van der Waals surface area contributed by atoms with Gasteiger partial charge >= 0.3 is 4.87 Å². The molecule has 0 aliphatic carbocycles. The molecule has 164 valence electrons. The largest absolute Gasteiger partial charge is 0.504 e. The van der Waals surface area contributed by atoms with Crippen LogP contribution in [-0.2, 0) is 9.59 Å². The number of aromatic nitrogens is 1. The number of nitrogens with zero attached hydrogens (tertiary/aromatic N) is 1. The van der Waals surface area contributed by atoms with Crippen LogP contribution >= 0.6 is 23.1 Å². The number of anilines is 1. The van der Waals surface area contributed by atoms with Crippen molar-refractivity contribution in [1.29, 1.82) is 0 Å². The Labute approximate surface area is 190 Å². The van der Waals surface area contributed by atoms with Crippen molar-refractivity contribution in [2.75, 3.05) is 19.1 Å². The van der Waals surface area contributed by atoms with Gasteiger partial charge in [-0.15, -0.1) is 0 Å². The van der Waals surface area contributed by atoms with Crippen LogP contribution in [0.2, 0.25) is 0 Å². The van der Waals surface area contributed by atoms with E-state index in [9.17, 15) is 19.5 Å². The fourth-order valence-electron chi connectivity index (χ4n) is 4.25. The molecule has 1 saturated heterocycles. The lowest BCUT2D eigenvalue weighted by Gasteiger charge is -2.30. The summed E-state index contributed by atoms with van der Waals surface area (Å²) in [5.74, 6) is -1.06. The highest BCUT2D eigenvalue weighted by atomic mass is 32.2. The molecule has 2 aromatic carbocycles. The van der Waals surface area contributed by atoms with Crippen molar-refractivity contribution in [1.82, 2.24) is 4.98 Å². The maximum Gasteiger partial charge on any atom is 0.305 e. The number of imide groups is 1. The Morgan fingerprint density at radius 2 is 1.75 bits per heavy atom. The van der Waals surface area contributed by atoms with Crippen molar-refractivity contribution in [2.24, 2.45) is 5.92 Å². The number of rotatable bonds is 4. The number of hydrogen-bond acceptors (Lipinski definition) is 8. The minimum Gasteiger partial charge on any atom is -0.504 e. The first-order valence-electron chi connectivity index (χ1n) is 9.71. The van der Waals surface area contributed by atoms with E-state index in [1.54, 1.807) is 43.5 Å². The van der Waals surface area contributed by atoms with Gasteiger partial charge in [0.1, 0.15) is 11.0 Å². The number of nitrogens with one attached hydrogen (secondary N) is 1. The van der Waals surface area contributed by atoms with Crippen molar-refractivity contribution in [2.45, 2.75) is 16.2 Å². The van der Waals surface area contributed by atoms with Gasteiger partial charge in [-0.25, -0.2) is 4.90 Å². The van der Waals surface area contributed by atoms with Crippen LogP contribution in [0.3, 0.4) is 0 Å². The summed E-state index contributed by atoms with van der Waals surface area (Å²) in [5, 5.41) is 9.93. The van der Waals surface area contributed by atoms with Gasteiger partial charge in [0.05, 0.1) is 30.9 Å². The highest BCUT2D eigenvalue weighted by Gasteiger charge is 2.56. The van der Waals surface area contributed by atoms with E-state index in [0.29, 0.717) is 26.9 Å². The lowest BCUT2D eigenvalue weighted by Crippen LogP contribution is -2.32. The number of amides is 2. The highest BCUT2D eigenvalue weighted by molar-refractivity contribution is 8.00. The Morgan fingerprint density at radius 1 is 1.00 bits per heavy atom. The molecule has 2 amide bonds. The van der Waals surface area contributed by atoms with Gasteiger partial charge in [-0.05, 0) is 42.0 Å². The lowest BCUT2D eigenvalue weighted by molar-refractivity contribution is -0.122. The van der Waals surface area contributed by atoms with Crippen LogP contribution < -0.4 is 19.2 Å². The molecule has 3 atom stereocenters. The summed E-state index contributed by atoms with van der Waals surface area (Å²) in [6.45, 7) is 0. The Kier molecular flexibility index (Phi) is 4.98. The number of H-pyrrole nitrogens is 1. The molecule has 1 fully saturated rings. The van der Waals surface area contributed by atoms with Crippen molar-refractivity contribution in [3.05, 3.63) is 62.6 Å². The number of ether oxygens (including phenoxy) is 2. The molecule has 32 heavy (non-hydrogen) atoms. The number of aromatic amines is 1. The van der Waals surface area contributed by atoms with Crippen LogP contribution in [0.5, 0.6) is 17.2 Å². The third-order valence-electron chi connectivity index (χ3n) is 5.72. The molecule has 2 N–H and O–H groups in total. The number of carbonyl (C=O) groups excluding carboxylic acids is 2. The zero-order valence-electron chi connectivity index (χ0n) is 17.0. The number of methoxy groups -OCH3 is 2. The third-order valence-corrected chi connectivity index (χ3v) is 8.12. The number of phenols is 1. The van der Waals surface area contributed by atoms with Crippen molar-refractivity contribution < 1.29 is 24.2 Å². The fourth-order valence-corrected chi connectivity index (χ4v) is 6.76. The van der Waals surface area contributed by atoms with E-state index in [4.69, 9.17) is 9.47 Å². The average Bonchev–Trinajstić information content (AvgIpc) is 3.29. The molecule has 10 heteroatoms. The van der Waals surface area contributed by atoms with Crippen LogP contribution in [-0.4, -0.2) is 41.4 Å². The van der Waals surface area contributed by atoms with Crippen LogP contribution in [0.25, 0.3) is 0 Å². The summed E-state index contributed by atoms with van der Waals surface area (Å²) in [6, 6.07) is 11.6. The van der Waals surface area contributed by atoms with Gasteiger partial charge in [0, 0.05) is 10.8 Å². The van der Waals surface area contributed by atoms with Crippen molar-refractivity contribution >= 4 is 40.6 Å². The summed E-state index contributed by atoms with van der Waals surface area (Å²) in [4.78, 5) is 43.6. The molecule has 0 saturated carbocycles. The number of carbonyl (C=O) groups is 2. The van der Waals surface area contributed by atoms with Gasteiger partial charge in [-0.3, -0.25) is 14.4 Å². The van der Waals surface area contributed by atoms with Gasteiger partial charge in [0.2, 0.25) is 11.8 Å². The van der Waals surface area contributed by atoms with Crippen molar-refractivity contribution in [3.63, 3.8) is 0 Å². The summed E-state index contributed by atoms with van der Waals surface area (Å²) in [5.41, 5.74) is 1.15. The van der Waals surface area contributed by atoms with Gasteiger partial charge in [-0.2, -0.15) is 0 Å². The number of benzene rings is 2. The normalized spacial score (nSPS) is 21.9. The number of thioether (sulfide) groups is 1. The number of phenolic OH excluding ortho intramolecular Hbond substituents is 1. The molecule has 3 aromatic rings. The molecule has 0 radical (unpaired) electrons. The standard InChI is InChI=1S/C22H18N2O6S2/c1-29-12-6-4-11(5-7-12)24-20(26)16-15(10-3-8-13(25)14(9-10)30-2)17-19(23-22(28)32-17)31-18(16)21(24)27/h3-9,15-16,18,25H,1-2H3,(H,23,28)/t15-,16-,18+/m0/s1. The van der Waals surface area contributed by atoms with E-state index >= 15 is 0 Å². The van der Waals surface area contributed by atoms with E-state index in [1.807, 2.05) is 0 Å². The van der Waals surface area contributed by atoms with Crippen molar-refractivity contribution in [3.8, 4) is 17.2 Å². The predicted molar refractivity (Wildman–Crippen MR) is 120 cm³/mol. The zero-order chi connectivity index (χ0) is 22.6. The van der Waals surface area contributed by atoms with Crippen LogP contribution in [0.1, 0.15) is 16.4 Å². The predicted octanol–water partition coefficient (Wildman–Crippen LogP) is 2.96. The van der Waals surface area contributed by atoms with E-state index in [1.165, 1.54) is 29.8 Å². The molecule has 0 spiro atoms. The van der Waals surface area contributed by atoms with E-state index in [2.05, 4.69) is 4.98 Å². The quantitative estimate of drug-likeness (QED) is 0.564. The fraction of sp³-hybridized carbons (Fsp3) is 0.227. The monoisotopic (exact) mass is 470 g/mol. The maximum absolute atomic E-state index is 13.6. The first kappa shape index (κ1) is 20.7. The van der Waals surface area contributed by atoms with Gasteiger partial charge in [-0.1, -0.05) is 29.2 Å². The second-order valence-electron chi connectivity index (χ2n) is 7.39. The van der Waals surface area contributed by atoms with Crippen LogP contribution in [0.15, 0.2) is 52.3 Å². The molecular weight excluding hydrogens is 452 g/mol. The molecule has 5 rings (SSSR count). The zero-order valence-corrected chi connectivity index (χ0v) is 18.7. The molecule has 0 bridgehead atoms. The molecule has 1 aromatic heterocycles. The van der Waals surface area contributed by atoms with Crippen LogP contribution in [0.4, 0.5) is 5.69 Å². The number of aromatic hydroxyl groups is 1. The Bertz CT molecular complexity index is 1280. The first-order valence-corrected chi connectivity index (χ1v) is 11.4. The van der Waals surface area contributed by atoms with Gasteiger partial charge < -0.3 is 19.6 Å². The van der Waals surface area contributed by atoms with E-state index < -0.39 is 17.1 Å². The summed E-state index contributed by atoms with van der Waals surface area (Å²) < 4.78 is 10.4. The SMILES string of the molecule is COc1ccc(N2C(=O)[C@H]3[C@H](c4ccc(O)c(OC)c4)c4sc(=O)[nH]c4S[C@H]3C2=O)cc1. The minimum absolute atomic E-state index is 0.0332. The second-order valence-corrected chi connectivity index (χ2v) is 9.56. The first-order chi connectivity index (χ1) is 15.4. The minimum atomic E-state index is -0.706. The molecule has 2 aliphatic heterocycles. The molecule has 2 aliphatic rings. The number of thiazole rings is 1. The number of fused-ring (bicyclic) bond motifs is 2. The van der Waals surface area contributed by atoms with E-state index in [0.717, 1.165) is 11.3 Å². The molecule has 8 nitrogen and oxygen atoms in total. The Balaban J connectivity index is 1.63. The smallest absolute Gasteiger partial charge is 0.305 e. The molecule has 3 heterocycles. The molecule has 0 unspecified atom stereocenters. The Hall–Kier alpha value is -3.24. The van der Waals surface area contributed by atoms with Gasteiger partial charge in [0.25, 0.3) is 0 Å². The summed E-state index contributed by atoms with van der Waals surface area (Å²) in [7, 11) is 2.98.